The van der Waals surface area contributed by atoms with Crippen molar-refractivity contribution in [1.82, 2.24) is 9.55 Å². The fraction of sp³-hybridized carbons (Fsp3) is 0.0714. The summed E-state index contributed by atoms with van der Waals surface area (Å²) in [5.41, 5.74) is 4.34. The first-order chi connectivity index (χ1) is 8.25. The van der Waals surface area contributed by atoms with Crippen molar-refractivity contribution in [3.63, 3.8) is 0 Å². The predicted molar refractivity (Wildman–Crippen MR) is 70.8 cm³/mol. The predicted octanol–water partition coefficient (Wildman–Crippen LogP) is 3.99. The molecule has 0 aliphatic heterocycles. The van der Waals surface area contributed by atoms with Gasteiger partial charge in [0.15, 0.2) is 0 Å². The lowest BCUT2D eigenvalue weighted by Gasteiger charge is -2.08. The van der Waals surface area contributed by atoms with E-state index in [0.717, 1.165) is 21.7 Å². The highest BCUT2D eigenvalue weighted by atomic mass is 35.5. The van der Waals surface area contributed by atoms with Gasteiger partial charge < -0.3 is 0 Å². The molecule has 3 aromatic rings. The Kier molecular flexibility index (Phi) is 2.37. The molecule has 0 amide bonds. The number of rotatable bonds is 1. The third kappa shape index (κ3) is 1.71. The van der Waals surface area contributed by atoms with E-state index in [1.807, 2.05) is 42.7 Å². The summed E-state index contributed by atoms with van der Waals surface area (Å²) >= 11 is 6.05. The van der Waals surface area contributed by atoms with Crippen LogP contribution in [0.25, 0.3) is 16.7 Å². The summed E-state index contributed by atoms with van der Waals surface area (Å²) in [7, 11) is 0. The van der Waals surface area contributed by atoms with Crippen molar-refractivity contribution in [3.8, 4) is 5.69 Å². The van der Waals surface area contributed by atoms with Crippen molar-refractivity contribution < 1.29 is 0 Å². The molecule has 1 aromatic heterocycles. The van der Waals surface area contributed by atoms with Crippen LogP contribution in [-0.2, 0) is 0 Å². The Morgan fingerprint density at radius 3 is 2.82 bits per heavy atom. The van der Waals surface area contributed by atoms with Crippen LogP contribution < -0.4 is 0 Å². The second-order valence-corrected chi connectivity index (χ2v) is 4.47. The lowest BCUT2D eigenvalue weighted by Crippen LogP contribution is -1.94. The molecule has 0 atom stereocenters. The molecular formula is C14H11ClN2. The second kappa shape index (κ2) is 3.90. The maximum Gasteiger partial charge on any atom is 0.100 e. The molecule has 2 aromatic carbocycles. The molecule has 3 rings (SSSR count). The van der Waals surface area contributed by atoms with Gasteiger partial charge in [0, 0.05) is 5.02 Å². The summed E-state index contributed by atoms with van der Waals surface area (Å²) in [4.78, 5) is 4.39. The van der Waals surface area contributed by atoms with Crippen LogP contribution in [-0.4, -0.2) is 9.55 Å². The SMILES string of the molecule is Cc1ccc(Cl)cc1-n1cnc2ccccc21. The lowest BCUT2D eigenvalue weighted by molar-refractivity contribution is 1.07. The minimum Gasteiger partial charge on any atom is -0.299 e. The van der Waals surface area contributed by atoms with Gasteiger partial charge in [-0.2, -0.15) is 0 Å². The summed E-state index contributed by atoms with van der Waals surface area (Å²) in [6, 6.07) is 14.0. The van der Waals surface area contributed by atoms with Crippen LogP contribution in [0.3, 0.4) is 0 Å². The monoisotopic (exact) mass is 242 g/mol. The molecule has 3 heteroatoms. The molecule has 17 heavy (non-hydrogen) atoms. The Balaban J connectivity index is 2.31. The summed E-state index contributed by atoms with van der Waals surface area (Å²) in [5, 5.41) is 0.739. The Morgan fingerprint density at radius 1 is 1.12 bits per heavy atom. The molecule has 0 radical (unpaired) electrons. The van der Waals surface area contributed by atoms with E-state index in [2.05, 4.69) is 22.5 Å². The minimum absolute atomic E-state index is 0.739. The molecule has 0 aliphatic carbocycles. The third-order valence-electron chi connectivity index (χ3n) is 2.88. The Morgan fingerprint density at radius 2 is 1.94 bits per heavy atom. The van der Waals surface area contributed by atoms with Gasteiger partial charge in [-0.05, 0) is 36.8 Å². The highest BCUT2D eigenvalue weighted by Crippen LogP contribution is 2.23. The highest BCUT2D eigenvalue weighted by Gasteiger charge is 2.06. The fourth-order valence-corrected chi connectivity index (χ4v) is 2.16. The van der Waals surface area contributed by atoms with E-state index < -0.39 is 0 Å². The number of imidazole rings is 1. The van der Waals surface area contributed by atoms with Crippen molar-refractivity contribution in [2.45, 2.75) is 6.92 Å². The van der Waals surface area contributed by atoms with E-state index in [-0.39, 0.29) is 0 Å². The first-order valence-corrected chi connectivity index (χ1v) is 5.82. The Hall–Kier alpha value is -1.80. The Labute approximate surface area is 104 Å². The van der Waals surface area contributed by atoms with Crippen LogP contribution in [0.1, 0.15) is 5.56 Å². The molecular weight excluding hydrogens is 232 g/mol. The van der Waals surface area contributed by atoms with Crippen LogP contribution in [0.2, 0.25) is 5.02 Å². The molecule has 0 aliphatic rings. The average Bonchev–Trinajstić information content (AvgIpc) is 2.76. The van der Waals surface area contributed by atoms with Crippen molar-refractivity contribution in [3.05, 3.63) is 59.4 Å². The van der Waals surface area contributed by atoms with Gasteiger partial charge in [0.2, 0.25) is 0 Å². The standard InChI is InChI=1S/C14H11ClN2/c1-10-6-7-11(15)8-14(10)17-9-16-12-4-2-3-5-13(12)17/h2-9H,1H3. The van der Waals surface area contributed by atoms with Gasteiger partial charge in [-0.3, -0.25) is 4.57 Å². The molecule has 0 spiro atoms. The van der Waals surface area contributed by atoms with Crippen LogP contribution in [0.15, 0.2) is 48.8 Å². The van der Waals surface area contributed by atoms with Crippen LogP contribution in [0.4, 0.5) is 0 Å². The maximum atomic E-state index is 6.05. The number of benzene rings is 2. The highest BCUT2D eigenvalue weighted by molar-refractivity contribution is 6.30. The van der Waals surface area contributed by atoms with Crippen molar-refractivity contribution in [1.29, 1.82) is 0 Å². The zero-order valence-electron chi connectivity index (χ0n) is 9.39. The molecule has 0 bridgehead atoms. The van der Waals surface area contributed by atoms with E-state index in [1.54, 1.807) is 0 Å². The van der Waals surface area contributed by atoms with Gasteiger partial charge in [0.25, 0.3) is 0 Å². The maximum absolute atomic E-state index is 6.05. The zero-order valence-corrected chi connectivity index (χ0v) is 10.1. The number of aromatic nitrogens is 2. The van der Waals surface area contributed by atoms with Crippen LogP contribution >= 0.6 is 11.6 Å². The van der Waals surface area contributed by atoms with Crippen LogP contribution in [0.5, 0.6) is 0 Å². The van der Waals surface area contributed by atoms with Gasteiger partial charge in [-0.25, -0.2) is 4.98 Å². The number of hydrogen-bond donors (Lipinski definition) is 0. The number of para-hydroxylation sites is 2. The number of nitrogens with zero attached hydrogens (tertiary/aromatic N) is 2. The van der Waals surface area contributed by atoms with Crippen LogP contribution in [0, 0.1) is 6.92 Å². The summed E-state index contributed by atoms with van der Waals surface area (Å²) in [5.74, 6) is 0. The van der Waals surface area contributed by atoms with Crippen molar-refractivity contribution in [2.75, 3.05) is 0 Å². The second-order valence-electron chi connectivity index (χ2n) is 4.03. The largest absolute Gasteiger partial charge is 0.299 e. The molecule has 2 nitrogen and oxygen atoms in total. The smallest absolute Gasteiger partial charge is 0.100 e. The van der Waals surface area contributed by atoms with Gasteiger partial charge >= 0.3 is 0 Å². The average molecular weight is 243 g/mol. The molecule has 0 unspecified atom stereocenters. The van der Waals surface area contributed by atoms with Crippen molar-refractivity contribution >= 4 is 22.6 Å². The van der Waals surface area contributed by atoms with E-state index >= 15 is 0 Å². The quantitative estimate of drug-likeness (QED) is 0.631. The topological polar surface area (TPSA) is 17.8 Å². The summed E-state index contributed by atoms with van der Waals surface area (Å²) < 4.78 is 2.07. The van der Waals surface area contributed by atoms with Gasteiger partial charge in [0.1, 0.15) is 6.33 Å². The molecule has 0 saturated carbocycles. The number of hydrogen-bond acceptors (Lipinski definition) is 1. The molecule has 84 valence electrons. The molecule has 1 heterocycles. The van der Waals surface area contributed by atoms with E-state index in [4.69, 9.17) is 11.6 Å². The van der Waals surface area contributed by atoms with Crippen molar-refractivity contribution in [2.24, 2.45) is 0 Å². The zero-order chi connectivity index (χ0) is 11.8. The van der Waals surface area contributed by atoms with Gasteiger partial charge in [-0.15, -0.1) is 0 Å². The molecule has 0 fully saturated rings. The number of aryl methyl sites for hydroxylation is 1. The lowest BCUT2D eigenvalue weighted by atomic mass is 10.2. The first kappa shape index (κ1) is 10.4. The summed E-state index contributed by atoms with van der Waals surface area (Å²) in [6.07, 6.45) is 1.84. The minimum atomic E-state index is 0.739. The normalized spacial score (nSPS) is 10.9. The fourth-order valence-electron chi connectivity index (χ4n) is 1.99. The number of halogens is 1. The van der Waals surface area contributed by atoms with E-state index in [0.29, 0.717) is 0 Å². The van der Waals surface area contributed by atoms with E-state index in [9.17, 15) is 0 Å². The third-order valence-corrected chi connectivity index (χ3v) is 3.12. The first-order valence-electron chi connectivity index (χ1n) is 5.44. The van der Waals surface area contributed by atoms with Gasteiger partial charge in [-0.1, -0.05) is 29.8 Å². The Bertz CT molecular complexity index is 686. The van der Waals surface area contributed by atoms with E-state index in [1.165, 1.54) is 5.56 Å². The van der Waals surface area contributed by atoms with Gasteiger partial charge in [0.05, 0.1) is 16.7 Å². The molecule has 0 N–H and O–H groups in total. The number of fused-ring (bicyclic) bond motifs is 1. The summed E-state index contributed by atoms with van der Waals surface area (Å²) in [6.45, 7) is 2.07. The molecule has 0 saturated heterocycles.